The minimum Gasteiger partial charge on any atom is -0.444 e. The number of unbranched alkanes of at least 4 members (excludes halogenated alkanes) is 1. The van der Waals surface area contributed by atoms with Crippen LogP contribution in [0.5, 0.6) is 0 Å². The Bertz CT molecular complexity index is 608. The van der Waals surface area contributed by atoms with Crippen molar-refractivity contribution in [2.75, 3.05) is 19.8 Å². The predicted molar refractivity (Wildman–Crippen MR) is 120 cm³/mol. The van der Waals surface area contributed by atoms with Crippen LogP contribution in [0, 0.1) is 5.41 Å². The molecule has 7 heteroatoms. The summed E-state index contributed by atoms with van der Waals surface area (Å²) in [5.74, 6) is 0. The number of aliphatic hydroxyl groups excluding tert-OH is 1. The third-order valence-electron chi connectivity index (χ3n) is 7.47. The van der Waals surface area contributed by atoms with E-state index < -0.39 is 5.60 Å². The number of aliphatic hydroxyl groups is 1. The fraction of sp³-hybridized carbons (Fsp3) is 0.960. The van der Waals surface area contributed by atoms with E-state index in [9.17, 15) is 9.90 Å². The number of amides is 1. The highest BCUT2D eigenvalue weighted by Gasteiger charge is 2.57. The number of carbonyl (C=O) groups excluding carboxylic acids is 1. The third-order valence-corrected chi connectivity index (χ3v) is 7.47. The number of nitrogens with zero attached hydrogens (tertiary/aromatic N) is 1. The van der Waals surface area contributed by atoms with Gasteiger partial charge in [-0.25, -0.2) is 4.79 Å². The molecular formula is C25H43NO6. The first-order valence-corrected chi connectivity index (χ1v) is 12.8. The first kappa shape index (κ1) is 24.2. The van der Waals surface area contributed by atoms with Gasteiger partial charge in [0, 0.05) is 31.9 Å². The molecule has 1 atom stereocenters. The maximum absolute atomic E-state index is 12.8. The molecule has 4 rings (SSSR count). The van der Waals surface area contributed by atoms with Crippen molar-refractivity contribution in [3.05, 3.63) is 0 Å². The van der Waals surface area contributed by atoms with Crippen molar-refractivity contribution < 1.29 is 28.8 Å². The molecule has 0 aromatic rings. The lowest BCUT2D eigenvalue weighted by Crippen LogP contribution is -2.64. The van der Waals surface area contributed by atoms with Gasteiger partial charge in [0.25, 0.3) is 0 Å². The second kappa shape index (κ2) is 10.2. The lowest BCUT2D eigenvalue weighted by molar-refractivity contribution is -0.166. The number of rotatable bonds is 9. The van der Waals surface area contributed by atoms with Gasteiger partial charge >= 0.3 is 6.09 Å². The van der Waals surface area contributed by atoms with Crippen LogP contribution in [0.25, 0.3) is 0 Å². The fourth-order valence-corrected chi connectivity index (χ4v) is 5.70. The van der Waals surface area contributed by atoms with E-state index in [-0.39, 0.29) is 30.6 Å². The topological polar surface area (TPSA) is 77.5 Å². The Morgan fingerprint density at radius 1 is 1.03 bits per heavy atom. The molecule has 0 aromatic heterocycles. The van der Waals surface area contributed by atoms with Crippen molar-refractivity contribution in [1.82, 2.24) is 4.90 Å². The lowest BCUT2D eigenvalue weighted by atomic mass is 9.52. The fourth-order valence-electron chi connectivity index (χ4n) is 5.70. The molecule has 0 aromatic carbocycles. The SMILES string of the molecule is CC(C)(C)OC(=O)N(C1CC(O)C1)C1CC2(CC(OCCCCOC3CCCCO3)C2)C1. The van der Waals surface area contributed by atoms with Gasteiger partial charge in [-0.3, -0.25) is 0 Å². The van der Waals surface area contributed by atoms with Crippen LogP contribution < -0.4 is 0 Å². The van der Waals surface area contributed by atoms with Crippen LogP contribution in [0.4, 0.5) is 4.79 Å². The molecule has 184 valence electrons. The van der Waals surface area contributed by atoms with Crippen molar-refractivity contribution in [2.45, 2.75) is 128 Å². The predicted octanol–water partition coefficient (Wildman–Crippen LogP) is 4.40. The van der Waals surface area contributed by atoms with Crippen LogP contribution in [0.2, 0.25) is 0 Å². The molecule has 4 aliphatic rings. The standard InChI is InChI=1S/C25H43NO6/c1-24(2,3)32-23(28)26(18-12-20(27)13-18)19-14-25(15-19)16-21(17-25)29-9-6-7-11-31-22-8-4-5-10-30-22/h18-22,27H,4-17H2,1-3H3. The van der Waals surface area contributed by atoms with Crippen molar-refractivity contribution in [1.29, 1.82) is 0 Å². The van der Waals surface area contributed by atoms with Gasteiger partial charge in [0.15, 0.2) is 6.29 Å². The monoisotopic (exact) mass is 453 g/mol. The molecule has 0 bridgehead atoms. The summed E-state index contributed by atoms with van der Waals surface area (Å²) >= 11 is 0. The lowest BCUT2D eigenvalue weighted by Gasteiger charge is -2.61. The van der Waals surface area contributed by atoms with Crippen LogP contribution in [0.15, 0.2) is 0 Å². The second-order valence-electron chi connectivity index (χ2n) is 11.5. The Morgan fingerprint density at radius 3 is 2.31 bits per heavy atom. The van der Waals surface area contributed by atoms with E-state index in [1.54, 1.807) is 0 Å². The van der Waals surface area contributed by atoms with Gasteiger partial charge in [0.2, 0.25) is 0 Å². The molecule has 1 saturated heterocycles. The Morgan fingerprint density at radius 2 is 1.72 bits per heavy atom. The number of ether oxygens (including phenoxy) is 4. The van der Waals surface area contributed by atoms with Crippen molar-refractivity contribution in [3.63, 3.8) is 0 Å². The van der Waals surface area contributed by atoms with E-state index in [4.69, 9.17) is 18.9 Å². The molecule has 3 saturated carbocycles. The Hall–Kier alpha value is -0.890. The van der Waals surface area contributed by atoms with Crippen molar-refractivity contribution >= 4 is 6.09 Å². The van der Waals surface area contributed by atoms with Crippen LogP contribution in [-0.2, 0) is 18.9 Å². The summed E-state index contributed by atoms with van der Waals surface area (Å²) < 4.78 is 23.1. The van der Waals surface area contributed by atoms with Gasteiger partial charge in [-0.15, -0.1) is 0 Å². The summed E-state index contributed by atoms with van der Waals surface area (Å²) in [6.45, 7) is 8.10. The van der Waals surface area contributed by atoms with Crippen LogP contribution in [0.3, 0.4) is 0 Å². The normalized spacial score (nSPS) is 36.7. The highest BCUT2D eigenvalue weighted by atomic mass is 16.7. The molecule has 7 nitrogen and oxygen atoms in total. The molecule has 0 radical (unpaired) electrons. The zero-order valence-corrected chi connectivity index (χ0v) is 20.2. The zero-order valence-electron chi connectivity index (χ0n) is 20.2. The van der Waals surface area contributed by atoms with Crippen LogP contribution in [0.1, 0.15) is 91.4 Å². The molecule has 1 amide bonds. The molecule has 1 heterocycles. The zero-order chi connectivity index (χ0) is 22.8. The van der Waals surface area contributed by atoms with Crippen LogP contribution in [-0.4, -0.2) is 72.1 Å². The average Bonchev–Trinajstić information content (AvgIpc) is 2.64. The van der Waals surface area contributed by atoms with Gasteiger partial charge < -0.3 is 29.0 Å². The molecule has 1 spiro atoms. The summed E-state index contributed by atoms with van der Waals surface area (Å²) in [7, 11) is 0. The first-order chi connectivity index (χ1) is 15.2. The summed E-state index contributed by atoms with van der Waals surface area (Å²) in [6.07, 6.45) is 10.9. The summed E-state index contributed by atoms with van der Waals surface area (Å²) in [6, 6.07) is 0.359. The van der Waals surface area contributed by atoms with Gasteiger partial charge in [-0.05, 0) is 96.8 Å². The maximum atomic E-state index is 12.8. The second-order valence-corrected chi connectivity index (χ2v) is 11.5. The molecule has 4 fully saturated rings. The third kappa shape index (κ3) is 6.16. The minimum absolute atomic E-state index is 0.00571. The summed E-state index contributed by atoms with van der Waals surface area (Å²) in [4.78, 5) is 14.8. The number of hydrogen-bond acceptors (Lipinski definition) is 6. The molecule has 1 aliphatic heterocycles. The van der Waals surface area contributed by atoms with Crippen LogP contribution >= 0.6 is 0 Å². The summed E-state index contributed by atoms with van der Waals surface area (Å²) in [5.41, 5.74) is -0.150. The largest absolute Gasteiger partial charge is 0.444 e. The van der Waals surface area contributed by atoms with E-state index in [0.717, 1.165) is 71.2 Å². The van der Waals surface area contributed by atoms with E-state index >= 15 is 0 Å². The molecule has 3 aliphatic carbocycles. The quantitative estimate of drug-likeness (QED) is 0.522. The van der Waals surface area contributed by atoms with E-state index in [1.807, 2.05) is 25.7 Å². The molecule has 1 N–H and O–H groups in total. The number of carbonyl (C=O) groups is 1. The van der Waals surface area contributed by atoms with Gasteiger partial charge in [-0.2, -0.15) is 0 Å². The van der Waals surface area contributed by atoms with Gasteiger partial charge in [0.1, 0.15) is 5.60 Å². The Labute approximate surface area is 193 Å². The van der Waals surface area contributed by atoms with E-state index in [2.05, 4.69) is 0 Å². The average molecular weight is 454 g/mol. The summed E-state index contributed by atoms with van der Waals surface area (Å²) in [5, 5.41) is 9.74. The van der Waals surface area contributed by atoms with E-state index in [1.165, 1.54) is 6.42 Å². The maximum Gasteiger partial charge on any atom is 0.410 e. The number of hydrogen-bond donors (Lipinski definition) is 1. The van der Waals surface area contributed by atoms with E-state index in [0.29, 0.717) is 24.4 Å². The van der Waals surface area contributed by atoms with Crippen molar-refractivity contribution in [3.8, 4) is 0 Å². The van der Waals surface area contributed by atoms with Crippen molar-refractivity contribution in [2.24, 2.45) is 5.41 Å². The van der Waals surface area contributed by atoms with Gasteiger partial charge in [0.05, 0.1) is 12.2 Å². The highest BCUT2D eigenvalue weighted by Crippen LogP contribution is 2.59. The first-order valence-electron chi connectivity index (χ1n) is 12.8. The Balaban J connectivity index is 1.10. The molecule has 1 unspecified atom stereocenters. The Kier molecular flexibility index (Phi) is 7.70. The minimum atomic E-state index is -0.497. The molecular weight excluding hydrogens is 410 g/mol. The van der Waals surface area contributed by atoms with Gasteiger partial charge in [-0.1, -0.05) is 0 Å². The highest BCUT2D eigenvalue weighted by molar-refractivity contribution is 5.69. The molecule has 32 heavy (non-hydrogen) atoms. The smallest absolute Gasteiger partial charge is 0.410 e.